The van der Waals surface area contributed by atoms with Gasteiger partial charge in [0.25, 0.3) is 0 Å². The summed E-state index contributed by atoms with van der Waals surface area (Å²) in [6, 6.07) is 9.16. The van der Waals surface area contributed by atoms with Gasteiger partial charge >= 0.3 is 0 Å². The summed E-state index contributed by atoms with van der Waals surface area (Å²) in [5, 5.41) is 15.6. The molecule has 2 saturated carbocycles. The van der Waals surface area contributed by atoms with E-state index in [0.29, 0.717) is 29.3 Å². The summed E-state index contributed by atoms with van der Waals surface area (Å²) in [6.45, 7) is 3.21. The first-order valence-corrected chi connectivity index (χ1v) is 12.1. The molecule has 1 unspecified atom stereocenters. The Morgan fingerprint density at radius 3 is 2.63 bits per heavy atom. The number of hydrogen-bond donors (Lipinski definition) is 2. The maximum Gasteiger partial charge on any atom is 0.150 e. The molecule has 6 aliphatic rings. The average molecular weight is 407 g/mol. The van der Waals surface area contributed by atoms with Gasteiger partial charge in [-0.2, -0.15) is 0 Å². The zero-order valence-corrected chi connectivity index (χ0v) is 18.0. The van der Waals surface area contributed by atoms with E-state index < -0.39 is 5.72 Å². The maximum absolute atomic E-state index is 11.6. The van der Waals surface area contributed by atoms with Gasteiger partial charge < -0.3 is 10.4 Å². The summed E-state index contributed by atoms with van der Waals surface area (Å²) in [5.74, 6) is 0.984. The van der Waals surface area contributed by atoms with Crippen molar-refractivity contribution >= 4 is 6.29 Å². The summed E-state index contributed by atoms with van der Waals surface area (Å²) in [5.41, 5.74) is 1.87. The van der Waals surface area contributed by atoms with E-state index in [0.717, 1.165) is 18.4 Å². The number of aliphatic hydroxyl groups is 1. The van der Waals surface area contributed by atoms with Crippen molar-refractivity contribution < 1.29 is 9.90 Å². The fourth-order valence-electron chi connectivity index (χ4n) is 7.94. The molecule has 1 aromatic carbocycles. The first kappa shape index (κ1) is 19.2. The first-order chi connectivity index (χ1) is 14.6. The number of nitrogens with zero attached hydrogens (tertiary/aromatic N) is 1. The molecule has 4 nitrogen and oxygen atoms in total. The summed E-state index contributed by atoms with van der Waals surface area (Å²) < 4.78 is 0. The molecule has 4 heteroatoms. The SMILES string of the molecule is C[C@H](c1ccc(C=O)cc1)[C@@H]1[C@H]2C=C[C@H]3N1[C@]3(O)[C@H]2CN[C@H]1CCCC12CCCC2. The Morgan fingerprint density at radius 1 is 1.17 bits per heavy atom. The minimum absolute atomic E-state index is 0.181. The van der Waals surface area contributed by atoms with E-state index in [1.165, 1.54) is 50.5 Å². The number of piperidine rings is 1. The molecule has 1 aromatic rings. The lowest BCUT2D eigenvalue weighted by Crippen LogP contribution is -2.47. The van der Waals surface area contributed by atoms with Crippen LogP contribution in [0.3, 0.4) is 0 Å². The van der Waals surface area contributed by atoms with Gasteiger partial charge in [-0.25, -0.2) is 0 Å². The molecule has 4 bridgehead atoms. The Kier molecular flexibility index (Phi) is 4.32. The lowest BCUT2D eigenvalue weighted by molar-refractivity contribution is 0.0485. The quantitative estimate of drug-likeness (QED) is 0.428. The van der Waals surface area contributed by atoms with Gasteiger partial charge in [0.15, 0.2) is 0 Å². The van der Waals surface area contributed by atoms with Crippen molar-refractivity contribution in [2.75, 3.05) is 6.54 Å². The Balaban J connectivity index is 1.20. The Hall–Kier alpha value is -1.49. The number of benzene rings is 1. The minimum atomic E-state index is -0.657. The predicted molar refractivity (Wildman–Crippen MR) is 117 cm³/mol. The zero-order chi connectivity index (χ0) is 20.5. The molecule has 0 amide bonds. The first-order valence-electron chi connectivity index (χ1n) is 12.1. The number of aldehydes is 1. The Bertz CT molecular complexity index is 853. The summed E-state index contributed by atoms with van der Waals surface area (Å²) in [4.78, 5) is 13.4. The number of rotatable bonds is 6. The standard InChI is InChI=1S/C26H34N2O2/c1-17(19-8-6-18(16-29)7-9-19)24-20-10-11-23-26(30,28(23)24)21(20)15-27-22-5-4-14-25(22)12-2-3-13-25/h6-11,16-17,20-24,27,30H,2-5,12-15H2,1H3/t17-,20+,21+,22+,23-,24-,26+,28?/m1/s1. The van der Waals surface area contributed by atoms with Crippen LogP contribution in [0.2, 0.25) is 0 Å². The number of carbonyl (C=O) groups excluding carboxylic acids is 1. The highest BCUT2D eigenvalue weighted by Crippen LogP contribution is 2.64. The van der Waals surface area contributed by atoms with E-state index >= 15 is 0 Å². The molecular weight excluding hydrogens is 372 g/mol. The van der Waals surface area contributed by atoms with Crippen molar-refractivity contribution in [1.29, 1.82) is 0 Å². The van der Waals surface area contributed by atoms with Crippen LogP contribution < -0.4 is 5.32 Å². The third-order valence-electron chi connectivity index (χ3n) is 9.52. The van der Waals surface area contributed by atoms with Gasteiger partial charge in [0.05, 0.1) is 6.04 Å². The van der Waals surface area contributed by atoms with Crippen LogP contribution in [0.15, 0.2) is 36.4 Å². The van der Waals surface area contributed by atoms with E-state index in [2.05, 4.69) is 41.4 Å². The molecule has 3 heterocycles. The van der Waals surface area contributed by atoms with Crippen LogP contribution in [0.25, 0.3) is 0 Å². The smallest absolute Gasteiger partial charge is 0.150 e. The average Bonchev–Trinajstić information content (AvgIpc) is 3.15. The summed E-state index contributed by atoms with van der Waals surface area (Å²) >= 11 is 0. The van der Waals surface area contributed by atoms with Crippen molar-refractivity contribution in [3.63, 3.8) is 0 Å². The van der Waals surface area contributed by atoms with E-state index in [1.807, 2.05) is 12.1 Å². The van der Waals surface area contributed by atoms with Crippen molar-refractivity contribution in [2.24, 2.45) is 17.3 Å². The van der Waals surface area contributed by atoms with Gasteiger partial charge in [-0.3, -0.25) is 9.69 Å². The number of nitrogens with one attached hydrogen (secondary N) is 1. The van der Waals surface area contributed by atoms with Crippen LogP contribution in [-0.4, -0.2) is 46.7 Å². The van der Waals surface area contributed by atoms with Gasteiger partial charge in [-0.05, 0) is 42.6 Å². The van der Waals surface area contributed by atoms with Crippen molar-refractivity contribution in [3.05, 3.63) is 47.5 Å². The Labute approximate surface area is 179 Å². The zero-order valence-electron chi connectivity index (χ0n) is 18.0. The molecule has 7 rings (SSSR count). The van der Waals surface area contributed by atoms with Crippen LogP contribution in [-0.2, 0) is 0 Å². The predicted octanol–water partition coefficient (Wildman–Crippen LogP) is 3.86. The van der Waals surface area contributed by atoms with Crippen LogP contribution in [0.1, 0.15) is 73.7 Å². The van der Waals surface area contributed by atoms with Gasteiger partial charge in [-0.15, -0.1) is 0 Å². The molecule has 3 aliphatic heterocycles. The summed E-state index contributed by atoms with van der Waals surface area (Å²) in [6.07, 6.45) is 15.2. The topological polar surface area (TPSA) is 52.3 Å². The van der Waals surface area contributed by atoms with Crippen LogP contribution in [0, 0.1) is 17.3 Å². The number of hydrogen-bond acceptors (Lipinski definition) is 4. The molecule has 2 N–H and O–H groups in total. The van der Waals surface area contributed by atoms with E-state index in [-0.39, 0.29) is 12.0 Å². The third kappa shape index (κ3) is 2.53. The lowest BCUT2D eigenvalue weighted by atomic mass is 9.73. The molecule has 1 spiro atoms. The molecule has 4 fully saturated rings. The lowest BCUT2D eigenvalue weighted by Gasteiger charge is -2.37. The molecule has 0 aromatic heterocycles. The fraction of sp³-hybridized carbons (Fsp3) is 0.654. The molecule has 8 atom stereocenters. The highest BCUT2D eigenvalue weighted by atomic mass is 16.3. The second kappa shape index (κ2) is 6.75. The van der Waals surface area contributed by atoms with Gasteiger partial charge in [0, 0.05) is 36.0 Å². The van der Waals surface area contributed by atoms with Gasteiger partial charge in [-0.1, -0.05) is 62.6 Å². The maximum atomic E-state index is 11.6. The van der Waals surface area contributed by atoms with Gasteiger partial charge in [0.2, 0.25) is 0 Å². The van der Waals surface area contributed by atoms with Crippen LogP contribution in [0.5, 0.6) is 0 Å². The molecule has 2 saturated heterocycles. The molecule has 0 radical (unpaired) electrons. The number of carbonyl (C=O) groups is 1. The highest BCUT2D eigenvalue weighted by Gasteiger charge is 2.77. The van der Waals surface area contributed by atoms with Crippen LogP contribution in [0.4, 0.5) is 0 Å². The second-order valence-corrected chi connectivity index (χ2v) is 10.7. The monoisotopic (exact) mass is 406 g/mol. The molecule has 3 aliphatic carbocycles. The van der Waals surface area contributed by atoms with E-state index in [9.17, 15) is 9.90 Å². The van der Waals surface area contributed by atoms with E-state index in [4.69, 9.17) is 0 Å². The third-order valence-corrected chi connectivity index (χ3v) is 9.52. The van der Waals surface area contributed by atoms with Crippen LogP contribution >= 0.6 is 0 Å². The molecular formula is C26H34N2O2. The van der Waals surface area contributed by atoms with Crippen molar-refractivity contribution in [3.8, 4) is 0 Å². The molecule has 30 heavy (non-hydrogen) atoms. The second-order valence-electron chi connectivity index (χ2n) is 10.7. The molecule has 160 valence electrons. The van der Waals surface area contributed by atoms with Gasteiger partial charge in [0.1, 0.15) is 12.0 Å². The minimum Gasteiger partial charge on any atom is -0.373 e. The summed E-state index contributed by atoms with van der Waals surface area (Å²) in [7, 11) is 0. The fourth-order valence-corrected chi connectivity index (χ4v) is 7.94. The largest absolute Gasteiger partial charge is 0.373 e. The Morgan fingerprint density at radius 2 is 1.90 bits per heavy atom. The van der Waals surface area contributed by atoms with Crippen molar-refractivity contribution in [1.82, 2.24) is 10.2 Å². The van der Waals surface area contributed by atoms with Crippen molar-refractivity contribution in [2.45, 2.75) is 81.6 Å². The normalized spacial score (nSPS) is 43.3. The van der Waals surface area contributed by atoms with E-state index in [1.54, 1.807) is 0 Å². The highest BCUT2D eigenvalue weighted by molar-refractivity contribution is 5.74.